The number of fused-ring (bicyclic) bond motifs is 5. The van der Waals surface area contributed by atoms with Gasteiger partial charge in [-0.25, -0.2) is 0 Å². The molecule has 0 spiro atoms. The Labute approximate surface area is 159 Å². The summed E-state index contributed by atoms with van der Waals surface area (Å²) in [5.41, 5.74) is 5.93. The van der Waals surface area contributed by atoms with Crippen LogP contribution in [0.3, 0.4) is 0 Å². The van der Waals surface area contributed by atoms with Crippen LogP contribution in [0.2, 0.25) is 5.02 Å². The number of hydrogen-bond acceptors (Lipinski definition) is 0. The number of halogens is 1. The Bertz CT molecular complexity index is 1130. The van der Waals surface area contributed by atoms with Gasteiger partial charge in [0.1, 0.15) is 0 Å². The first-order chi connectivity index (χ1) is 12.7. The summed E-state index contributed by atoms with van der Waals surface area (Å²) in [6.07, 6.45) is 3.54. The van der Waals surface area contributed by atoms with Crippen molar-refractivity contribution in [2.75, 3.05) is 0 Å². The zero-order valence-electron chi connectivity index (χ0n) is 14.9. The van der Waals surface area contributed by atoms with Crippen LogP contribution in [-0.4, -0.2) is 0 Å². The second-order valence-electron chi connectivity index (χ2n) is 7.54. The van der Waals surface area contributed by atoms with Crippen LogP contribution in [-0.2, 0) is 12.8 Å². The Kier molecular flexibility index (Phi) is 3.76. The molecule has 4 aromatic rings. The Hall–Kier alpha value is -2.31. The van der Waals surface area contributed by atoms with Crippen molar-refractivity contribution in [2.24, 2.45) is 0 Å². The molecule has 1 atom stereocenters. The fourth-order valence-corrected chi connectivity index (χ4v) is 4.92. The van der Waals surface area contributed by atoms with Gasteiger partial charge in [0, 0.05) is 5.02 Å². The van der Waals surface area contributed by atoms with Crippen LogP contribution in [0.15, 0.2) is 66.7 Å². The van der Waals surface area contributed by atoms with Crippen LogP contribution in [0.25, 0.3) is 21.5 Å². The molecule has 0 fully saturated rings. The van der Waals surface area contributed by atoms with E-state index in [1.165, 1.54) is 44.7 Å². The molecule has 0 aromatic heterocycles. The minimum atomic E-state index is 0.639. The highest BCUT2D eigenvalue weighted by molar-refractivity contribution is 6.31. The quantitative estimate of drug-likeness (QED) is 0.315. The molecule has 1 unspecified atom stereocenters. The molecule has 4 aromatic carbocycles. The van der Waals surface area contributed by atoms with Gasteiger partial charge in [-0.2, -0.15) is 0 Å². The van der Waals surface area contributed by atoms with Gasteiger partial charge in [-0.15, -0.1) is 0 Å². The highest BCUT2D eigenvalue weighted by Gasteiger charge is 2.22. The fraction of sp³-hybridized carbons (Fsp3) is 0.200. The van der Waals surface area contributed by atoms with E-state index in [-0.39, 0.29) is 0 Å². The zero-order valence-corrected chi connectivity index (χ0v) is 15.7. The SMILES string of the molecule is Cc1cc2c(c3ccc4cc(Cl)ccc4c13)CCC(c1ccccc1)C2. The second-order valence-corrected chi connectivity index (χ2v) is 7.97. The van der Waals surface area contributed by atoms with Gasteiger partial charge in [0.15, 0.2) is 0 Å². The minimum Gasteiger partial charge on any atom is -0.0843 e. The molecule has 0 saturated heterocycles. The van der Waals surface area contributed by atoms with Crippen molar-refractivity contribution in [1.82, 2.24) is 0 Å². The highest BCUT2D eigenvalue weighted by Crippen LogP contribution is 2.39. The second kappa shape index (κ2) is 6.14. The van der Waals surface area contributed by atoms with Gasteiger partial charge in [0.2, 0.25) is 0 Å². The van der Waals surface area contributed by atoms with Crippen molar-refractivity contribution >= 4 is 33.1 Å². The normalized spacial score (nSPS) is 16.8. The van der Waals surface area contributed by atoms with Crippen molar-refractivity contribution < 1.29 is 0 Å². The molecule has 0 N–H and O–H groups in total. The molecule has 0 amide bonds. The van der Waals surface area contributed by atoms with Crippen molar-refractivity contribution in [1.29, 1.82) is 0 Å². The summed E-state index contributed by atoms with van der Waals surface area (Å²) in [5.74, 6) is 0.639. The molecular formula is C25H21Cl. The van der Waals surface area contributed by atoms with Crippen molar-refractivity contribution in [2.45, 2.75) is 32.1 Å². The number of rotatable bonds is 1. The smallest absolute Gasteiger partial charge is 0.0412 e. The lowest BCUT2D eigenvalue weighted by molar-refractivity contribution is 0.587. The standard InChI is InChI=1S/C25H21Cl/c1-16-13-20-14-18(17-5-3-2-4-6-17)7-10-22(20)24-11-8-19-15-21(26)9-12-23(19)25(16)24/h2-6,8-9,11-13,15,18H,7,10,14H2,1H3. The molecule has 0 radical (unpaired) electrons. The maximum Gasteiger partial charge on any atom is 0.0412 e. The molecule has 0 aliphatic heterocycles. The molecule has 5 rings (SSSR count). The van der Waals surface area contributed by atoms with Crippen LogP contribution in [0, 0.1) is 6.92 Å². The van der Waals surface area contributed by atoms with Crippen LogP contribution >= 0.6 is 11.6 Å². The number of hydrogen-bond donors (Lipinski definition) is 0. The highest BCUT2D eigenvalue weighted by atomic mass is 35.5. The lowest BCUT2D eigenvalue weighted by atomic mass is 9.77. The maximum absolute atomic E-state index is 6.20. The molecule has 0 nitrogen and oxygen atoms in total. The summed E-state index contributed by atoms with van der Waals surface area (Å²) in [5, 5.41) is 6.18. The first-order valence-electron chi connectivity index (χ1n) is 9.39. The number of benzene rings is 4. The average molecular weight is 357 g/mol. The first kappa shape index (κ1) is 15.9. The third-order valence-corrected chi connectivity index (χ3v) is 6.19. The lowest BCUT2D eigenvalue weighted by Gasteiger charge is -2.27. The predicted octanol–water partition coefficient (Wildman–Crippen LogP) is 7.23. The summed E-state index contributed by atoms with van der Waals surface area (Å²) >= 11 is 6.20. The van der Waals surface area contributed by atoms with E-state index in [1.807, 2.05) is 6.07 Å². The molecule has 0 heterocycles. The molecule has 1 heteroatoms. The molecular weight excluding hydrogens is 336 g/mol. The van der Waals surface area contributed by atoms with Gasteiger partial charge < -0.3 is 0 Å². The minimum absolute atomic E-state index is 0.639. The van der Waals surface area contributed by atoms with Crippen LogP contribution < -0.4 is 0 Å². The summed E-state index contributed by atoms with van der Waals surface area (Å²) in [4.78, 5) is 0. The summed E-state index contributed by atoms with van der Waals surface area (Å²) in [6, 6.07) is 24.2. The van der Waals surface area contributed by atoms with Crippen molar-refractivity contribution in [3.05, 3.63) is 94.0 Å². The van der Waals surface area contributed by atoms with Crippen LogP contribution in [0.4, 0.5) is 0 Å². The van der Waals surface area contributed by atoms with Crippen molar-refractivity contribution in [3.63, 3.8) is 0 Å². The summed E-state index contributed by atoms with van der Waals surface area (Å²) < 4.78 is 0. The summed E-state index contributed by atoms with van der Waals surface area (Å²) in [7, 11) is 0. The van der Waals surface area contributed by atoms with E-state index in [1.54, 1.807) is 5.56 Å². The lowest BCUT2D eigenvalue weighted by Crippen LogP contribution is -2.13. The zero-order chi connectivity index (χ0) is 17.7. The van der Waals surface area contributed by atoms with Gasteiger partial charge in [-0.1, -0.05) is 66.2 Å². The number of aryl methyl sites for hydroxylation is 2. The summed E-state index contributed by atoms with van der Waals surface area (Å²) in [6.45, 7) is 2.25. The largest absolute Gasteiger partial charge is 0.0843 e. The van der Waals surface area contributed by atoms with E-state index in [0.717, 1.165) is 17.9 Å². The van der Waals surface area contributed by atoms with E-state index < -0.39 is 0 Å². The van der Waals surface area contributed by atoms with E-state index in [2.05, 4.69) is 67.6 Å². The predicted molar refractivity (Wildman–Crippen MR) is 112 cm³/mol. The first-order valence-corrected chi connectivity index (χ1v) is 9.77. The van der Waals surface area contributed by atoms with Gasteiger partial charge >= 0.3 is 0 Å². The molecule has 26 heavy (non-hydrogen) atoms. The van der Waals surface area contributed by atoms with E-state index in [9.17, 15) is 0 Å². The maximum atomic E-state index is 6.20. The van der Waals surface area contributed by atoms with E-state index >= 15 is 0 Å². The van der Waals surface area contributed by atoms with Gasteiger partial charge in [-0.05, 0) is 88.0 Å². The Morgan fingerprint density at radius 3 is 2.54 bits per heavy atom. The monoisotopic (exact) mass is 356 g/mol. The molecule has 128 valence electrons. The third-order valence-electron chi connectivity index (χ3n) is 5.96. The van der Waals surface area contributed by atoms with Crippen LogP contribution in [0.1, 0.15) is 34.6 Å². The average Bonchev–Trinajstić information content (AvgIpc) is 2.67. The Balaban J connectivity index is 1.68. The van der Waals surface area contributed by atoms with Gasteiger partial charge in [-0.3, -0.25) is 0 Å². The van der Waals surface area contributed by atoms with E-state index in [4.69, 9.17) is 11.6 Å². The van der Waals surface area contributed by atoms with E-state index in [0.29, 0.717) is 5.92 Å². The van der Waals surface area contributed by atoms with Gasteiger partial charge in [0.25, 0.3) is 0 Å². The Morgan fingerprint density at radius 2 is 1.69 bits per heavy atom. The molecule has 0 bridgehead atoms. The third kappa shape index (κ3) is 2.52. The molecule has 1 aliphatic rings. The van der Waals surface area contributed by atoms with Crippen molar-refractivity contribution in [3.8, 4) is 0 Å². The van der Waals surface area contributed by atoms with Gasteiger partial charge in [0.05, 0.1) is 0 Å². The Morgan fingerprint density at radius 1 is 0.885 bits per heavy atom. The topological polar surface area (TPSA) is 0 Å². The molecule has 1 aliphatic carbocycles. The van der Waals surface area contributed by atoms with Crippen LogP contribution in [0.5, 0.6) is 0 Å². The fourth-order valence-electron chi connectivity index (χ4n) is 4.74. The molecule has 0 saturated carbocycles.